The van der Waals surface area contributed by atoms with Crippen LogP contribution in [0.25, 0.3) is 5.69 Å². The number of benzene rings is 1. The Morgan fingerprint density at radius 3 is 2.60 bits per heavy atom. The van der Waals surface area contributed by atoms with E-state index in [1.807, 2.05) is 13.8 Å². The first-order valence-electron chi connectivity index (χ1n) is 7.76. The Balaban J connectivity index is 1.80. The average molecular weight is 340 g/mol. The van der Waals surface area contributed by atoms with Gasteiger partial charge in [0.25, 0.3) is 5.91 Å². The lowest BCUT2D eigenvalue weighted by atomic mass is 10.1. The van der Waals surface area contributed by atoms with Crippen LogP contribution >= 0.6 is 0 Å². The fourth-order valence-electron chi connectivity index (χ4n) is 2.60. The van der Waals surface area contributed by atoms with Crippen LogP contribution < -0.4 is 10.9 Å². The fraction of sp³-hybridized carbons (Fsp3) is 0.167. The van der Waals surface area contributed by atoms with Crippen molar-refractivity contribution in [1.29, 1.82) is 0 Å². The molecule has 0 aliphatic heterocycles. The van der Waals surface area contributed by atoms with Crippen molar-refractivity contribution in [2.75, 3.05) is 0 Å². The largest absolute Gasteiger partial charge is 0.345 e. The van der Waals surface area contributed by atoms with Gasteiger partial charge in [-0.2, -0.15) is 5.10 Å². The highest BCUT2D eigenvalue weighted by Gasteiger charge is 2.17. The molecule has 1 atom stereocenters. The van der Waals surface area contributed by atoms with Crippen LogP contribution in [0.1, 0.15) is 34.6 Å². The van der Waals surface area contributed by atoms with Crippen molar-refractivity contribution < 1.29 is 9.18 Å². The Labute approximate surface area is 143 Å². The standard InChI is InChI=1S/C18H17FN4O2/c1-11(22-18(25)13-3-8-17(24)20-9-13)16-10-21-23(12(16)2)15-6-4-14(19)5-7-15/h3-11H,1-2H3,(H,20,24)(H,22,25)/t11-/m1/s1. The highest BCUT2D eigenvalue weighted by atomic mass is 19.1. The molecule has 2 N–H and O–H groups in total. The topological polar surface area (TPSA) is 79.8 Å². The molecule has 2 aromatic heterocycles. The predicted molar refractivity (Wildman–Crippen MR) is 91.2 cm³/mol. The van der Waals surface area contributed by atoms with Gasteiger partial charge in [-0.25, -0.2) is 9.07 Å². The van der Waals surface area contributed by atoms with Crippen molar-refractivity contribution >= 4 is 5.91 Å². The maximum absolute atomic E-state index is 13.1. The van der Waals surface area contributed by atoms with Gasteiger partial charge in [0, 0.05) is 23.5 Å². The Hall–Kier alpha value is -3.22. The summed E-state index contributed by atoms with van der Waals surface area (Å²) >= 11 is 0. The number of H-pyrrole nitrogens is 1. The monoisotopic (exact) mass is 340 g/mol. The summed E-state index contributed by atoms with van der Waals surface area (Å²) in [4.78, 5) is 25.8. The molecule has 25 heavy (non-hydrogen) atoms. The smallest absolute Gasteiger partial charge is 0.253 e. The van der Waals surface area contributed by atoms with E-state index in [4.69, 9.17) is 0 Å². The third-order valence-electron chi connectivity index (χ3n) is 3.98. The summed E-state index contributed by atoms with van der Waals surface area (Å²) < 4.78 is 14.8. The maximum atomic E-state index is 13.1. The van der Waals surface area contributed by atoms with E-state index >= 15 is 0 Å². The van der Waals surface area contributed by atoms with Crippen LogP contribution in [0.3, 0.4) is 0 Å². The van der Waals surface area contributed by atoms with Crippen LogP contribution in [0.15, 0.2) is 53.6 Å². The second kappa shape index (κ2) is 6.72. The van der Waals surface area contributed by atoms with Gasteiger partial charge in [-0.1, -0.05) is 0 Å². The minimum Gasteiger partial charge on any atom is -0.345 e. The summed E-state index contributed by atoms with van der Waals surface area (Å²) in [7, 11) is 0. The number of carbonyl (C=O) groups is 1. The fourth-order valence-corrected chi connectivity index (χ4v) is 2.60. The van der Waals surface area contributed by atoms with Crippen molar-refractivity contribution in [1.82, 2.24) is 20.1 Å². The normalized spacial score (nSPS) is 12.0. The summed E-state index contributed by atoms with van der Waals surface area (Å²) in [6.45, 7) is 3.73. The second-order valence-corrected chi connectivity index (χ2v) is 5.71. The lowest BCUT2D eigenvalue weighted by molar-refractivity contribution is 0.0939. The first-order chi connectivity index (χ1) is 12.0. The molecule has 0 radical (unpaired) electrons. The quantitative estimate of drug-likeness (QED) is 0.766. The molecule has 2 heterocycles. The maximum Gasteiger partial charge on any atom is 0.253 e. The number of aromatic nitrogens is 3. The summed E-state index contributed by atoms with van der Waals surface area (Å²) in [5, 5.41) is 7.20. The lowest BCUT2D eigenvalue weighted by Gasteiger charge is -2.14. The number of nitrogens with one attached hydrogen (secondary N) is 2. The van der Waals surface area contributed by atoms with E-state index in [9.17, 15) is 14.0 Å². The van der Waals surface area contributed by atoms with Gasteiger partial charge < -0.3 is 10.3 Å². The first kappa shape index (κ1) is 16.6. The van der Waals surface area contributed by atoms with Crippen molar-refractivity contribution in [3.05, 3.63) is 81.8 Å². The molecule has 0 aliphatic carbocycles. The summed E-state index contributed by atoms with van der Waals surface area (Å²) in [6, 6.07) is 8.52. The predicted octanol–water partition coefficient (Wildman–Crippen LogP) is 2.50. The molecule has 1 aromatic carbocycles. The molecule has 0 aliphatic rings. The molecule has 0 unspecified atom stereocenters. The Morgan fingerprint density at radius 2 is 1.96 bits per heavy atom. The van der Waals surface area contributed by atoms with E-state index in [0.29, 0.717) is 5.56 Å². The number of amides is 1. The number of aromatic amines is 1. The van der Waals surface area contributed by atoms with Gasteiger partial charge in [-0.05, 0) is 44.2 Å². The van der Waals surface area contributed by atoms with Crippen LogP contribution in [0.5, 0.6) is 0 Å². The number of hydrogen-bond acceptors (Lipinski definition) is 3. The molecule has 7 heteroatoms. The Kier molecular flexibility index (Phi) is 4.47. The van der Waals surface area contributed by atoms with Gasteiger partial charge in [-0.15, -0.1) is 0 Å². The molecule has 0 saturated heterocycles. The lowest BCUT2D eigenvalue weighted by Crippen LogP contribution is -2.27. The number of pyridine rings is 1. The SMILES string of the molecule is Cc1c([C@@H](C)NC(=O)c2ccc(=O)[nH]c2)cnn1-c1ccc(F)cc1. The van der Waals surface area contributed by atoms with Gasteiger partial charge in [0.2, 0.25) is 5.56 Å². The molecule has 0 bridgehead atoms. The molecule has 0 fully saturated rings. The number of nitrogens with zero attached hydrogens (tertiary/aromatic N) is 2. The Morgan fingerprint density at radius 1 is 1.24 bits per heavy atom. The van der Waals surface area contributed by atoms with Gasteiger partial charge >= 0.3 is 0 Å². The second-order valence-electron chi connectivity index (χ2n) is 5.71. The van der Waals surface area contributed by atoms with Crippen molar-refractivity contribution in [3.63, 3.8) is 0 Å². The number of rotatable bonds is 4. The van der Waals surface area contributed by atoms with Crippen LogP contribution in [-0.2, 0) is 0 Å². The molecule has 128 valence electrons. The number of carbonyl (C=O) groups excluding carboxylic acids is 1. The van der Waals surface area contributed by atoms with Crippen molar-refractivity contribution in [3.8, 4) is 5.69 Å². The number of hydrogen-bond donors (Lipinski definition) is 2. The summed E-state index contributed by atoms with van der Waals surface area (Å²) in [5.41, 5.74) is 2.54. The average Bonchev–Trinajstić information content (AvgIpc) is 2.98. The van der Waals surface area contributed by atoms with E-state index in [1.165, 1.54) is 30.5 Å². The van der Waals surface area contributed by atoms with E-state index < -0.39 is 0 Å². The van der Waals surface area contributed by atoms with E-state index in [2.05, 4.69) is 15.4 Å². The zero-order valence-corrected chi connectivity index (χ0v) is 13.8. The highest BCUT2D eigenvalue weighted by Crippen LogP contribution is 2.20. The van der Waals surface area contributed by atoms with E-state index in [-0.39, 0.29) is 23.3 Å². The van der Waals surface area contributed by atoms with Gasteiger partial charge in [-0.3, -0.25) is 9.59 Å². The third-order valence-corrected chi connectivity index (χ3v) is 3.98. The van der Waals surface area contributed by atoms with Crippen LogP contribution in [-0.4, -0.2) is 20.7 Å². The van der Waals surface area contributed by atoms with Crippen molar-refractivity contribution in [2.45, 2.75) is 19.9 Å². The van der Waals surface area contributed by atoms with Crippen LogP contribution in [0, 0.1) is 12.7 Å². The van der Waals surface area contributed by atoms with Gasteiger partial charge in [0.05, 0.1) is 23.5 Å². The number of halogens is 1. The molecular formula is C18H17FN4O2. The molecule has 3 aromatic rings. The molecule has 1 amide bonds. The minimum absolute atomic E-state index is 0.263. The summed E-state index contributed by atoms with van der Waals surface area (Å²) in [6.07, 6.45) is 3.05. The van der Waals surface area contributed by atoms with Gasteiger partial charge in [0.15, 0.2) is 0 Å². The third kappa shape index (κ3) is 3.50. The van der Waals surface area contributed by atoms with E-state index in [0.717, 1.165) is 16.9 Å². The van der Waals surface area contributed by atoms with E-state index in [1.54, 1.807) is 23.0 Å². The first-order valence-corrected chi connectivity index (χ1v) is 7.76. The molecular weight excluding hydrogens is 323 g/mol. The molecule has 0 spiro atoms. The zero-order chi connectivity index (χ0) is 18.0. The van der Waals surface area contributed by atoms with Crippen LogP contribution in [0.4, 0.5) is 4.39 Å². The Bertz CT molecular complexity index is 939. The zero-order valence-electron chi connectivity index (χ0n) is 13.8. The van der Waals surface area contributed by atoms with Crippen LogP contribution in [0.2, 0.25) is 0 Å². The molecule has 6 nitrogen and oxygen atoms in total. The molecule has 3 rings (SSSR count). The van der Waals surface area contributed by atoms with Gasteiger partial charge in [0.1, 0.15) is 5.82 Å². The minimum atomic E-state index is -0.310. The summed E-state index contributed by atoms with van der Waals surface area (Å²) in [5.74, 6) is -0.604. The molecule has 0 saturated carbocycles. The van der Waals surface area contributed by atoms with Crippen molar-refractivity contribution in [2.24, 2.45) is 0 Å². The highest BCUT2D eigenvalue weighted by molar-refractivity contribution is 5.94.